The quantitative estimate of drug-likeness (QED) is 0.432. The minimum atomic E-state index is -2.70. The minimum Gasteiger partial charge on any atom is -0.376 e. The fourth-order valence-corrected chi connectivity index (χ4v) is 5.94. The molecule has 114 valence electrons. The minimum absolute atomic E-state index is 0.0735. The lowest BCUT2D eigenvalue weighted by atomic mass is 10.1. The summed E-state index contributed by atoms with van der Waals surface area (Å²) in [6.45, 7) is 4.12. The van der Waals surface area contributed by atoms with E-state index in [9.17, 15) is 4.79 Å². The van der Waals surface area contributed by atoms with Crippen LogP contribution in [0.4, 0.5) is 0 Å². The second kappa shape index (κ2) is 10.9. The van der Waals surface area contributed by atoms with E-state index in [1.54, 1.807) is 21.3 Å². The van der Waals surface area contributed by atoms with Crippen molar-refractivity contribution in [1.82, 2.24) is 0 Å². The molecule has 1 atom stereocenters. The van der Waals surface area contributed by atoms with Gasteiger partial charge in [0, 0.05) is 27.8 Å². The van der Waals surface area contributed by atoms with Crippen LogP contribution in [0.3, 0.4) is 0 Å². The molecular weight excluding hydrogens is 280 g/mol. The normalized spacial score (nSPS) is 13.5. The maximum atomic E-state index is 11.9. The molecular formula is C13H28O4SSi. The number of unbranched alkanes of at least 4 members (excludes halogenated alkanes) is 4. The molecule has 6 heteroatoms. The maximum Gasteiger partial charge on any atom is 0.514 e. The fourth-order valence-electron chi connectivity index (χ4n) is 1.95. The third-order valence-electron chi connectivity index (χ3n) is 3.14. The summed E-state index contributed by atoms with van der Waals surface area (Å²) in [7, 11) is 2.02. The fraction of sp³-hybridized carbons (Fsp3) is 0.923. The molecule has 0 fully saturated rings. The first-order chi connectivity index (χ1) is 9.06. The van der Waals surface area contributed by atoms with Crippen LogP contribution < -0.4 is 0 Å². The molecule has 19 heavy (non-hydrogen) atoms. The Balaban J connectivity index is 4.03. The number of hydrogen-bond acceptors (Lipinski definition) is 5. The zero-order valence-corrected chi connectivity index (χ0v) is 14.7. The molecule has 0 N–H and O–H groups in total. The van der Waals surface area contributed by atoms with Crippen molar-refractivity contribution < 1.29 is 18.1 Å². The smallest absolute Gasteiger partial charge is 0.376 e. The molecule has 0 aliphatic carbocycles. The Morgan fingerprint density at radius 3 is 2.05 bits per heavy atom. The van der Waals surface area contributed by atoms with Crippen molar-refractivity contribution in [1.29, 1.82) is 0 Å². The van der Waals surface area contributed by atoms with Gasteiger partial charge in [-0.1, -0.05) is 44.4 Å². The van der Waals surface area contributed by atoms with Gasteiger partial charge in [0.2, 0.25) is 0 Å². The van der Waals surface area contributed by atoms with Gasteiger partial charge in [-0.2, -0.15) is 0 Å². The lowest BCUT2D eigenvalue weighted by molar-refractivity contribution is -0.111. The van der Waals surface area contributed by atoms with Gasteiger partial charge in [-0.15, -0.1) is 0 Å². The molecule has 0 aromatic heterocycles. The summed E-state index contributed by atoms with van der Waals surface area (Å²) < 4.78 is 16.1. The highest BCUT2D eigenvalue weighted by Gasteiger charge is 2.46. The molecule has 0 saturated heterocycles. The highest BCUT2D eigenvalue weighted by molar-refractivity contribution is 8.15. The molecule has 1 unspecified atom stereocenters. The molecule has 0 heterocycles. The van der Waals surface area contributed by atoms with Crippen molar-refractivity contribution in [3.63, 3.8) is 0 Å². The van der Waals surface area contributed by atoms with E-state index >= 15 is 0 Å². The topological polar surface area (TPSA) is 44.8 Å². The van der Waals surface area contributed by atoms with E-state index in [-0.39, 0.29) is 9.99 Å². The van der Waals surface area contributed by atoms with Crippen molar-refractivity contribution in [2.75, 3.05) is 21.3 Å². The lowest BCUT2D eigenvalue weighted by Gasteiger charge is -2.29. The molecule has 0 rings (SSSR count). The van der Waals surface area contributed by atoms with Crippen LogP contribution in [0.5, 0.6) is 0 Å². The summed E-state index contributed by atoms with van der Waals surface area (Å²) in [5, 5.41) is 0.201. The van der Waals surface area contributed by atoms with Gasteiger partial charge in [-0.3, -0.25) is 4.79 Å². The number of thioether (sulfide) groups is 1. The number of carbonyl (C=O) groups is 1. The largest absolute Gasteiger partial charge is 0.514 e. The predicted octanol–water partition coefficient (Wildman–Crippen LogP) is 3.41. The summed E-state index contributed by atoms with van der Waals surface area (Å²) in [5.41, 5.74) is 0. The average Bonchev–Trinajstić information content (AvgIpc) is 2.41. The monoisotopic (exact) mass is 308 g/mol. The summed E-state index contributed by atoms with van der Waals surface area (Å²) in [5.74, 6) is 0. The summed E-state index contributed by atoms with van der Waals surface area (Å²) in [6.07, 6.45) is 6.43. The van der Waals surface area contributed by atoms with Crippen LogP contribution in [0.25, 0.3) is 0 Å². The average molecular weight is 309 g/mol. The van der Waals surface area contributed by atoms with Crippen LogP contribution in [0.2, 0.25) is 0 Å². The van der Waals surface area contributed by atoms with Crippen molar-refractivity contribution in [3.05, 3.63) is 0 Å². The van der Waals surface area contributed by atoms with E-state index in [2.05, 4.69) is 6.92 Å². The first-order valence-corrected chi connectivity index (χ1v) is 9.59. The van der Waals surface area contributed by atoms with Gasteiger partial charge in [-0.25, -0.2) is 0 Å². The van der Waals surface area contributed by atoms with E-state index < -0.39 is 8.80 Å². The van der Waals surface area contributed by atoms with Gasteiger partial charge in [0.1, 0.15) is 0 Å². The molecule has 4 nitrogen and oxygen atoms in total. The van der Waals surface area contributed by atoms with Gasteiger partial charge in [0.05, 0.1) is 4.87 Å². The summed E-state index contributed by atoms with van der Waals surface area (Å²) >= 11 is 1.29. The highest BCUT2D eigenvalue weighted by Crippen LogP contribution is 2.26. The molecule has 0 aliphatic rings. The van der Waals surface area contributed by atoms with E-state index in [1.165, 1.54) is 31.0 Å². The summed E-state index contributed by atoms with van der Waals surface area (Å²) in [6, 6.07) is 0. The Hall–Kier alpha value is 0.117. The molecule has 0 spiro atoms. The number of hydrogen-bond donors (Lipinski definition) is 0. The second-order valence-corrected chi connectivity index (χ2v) is 9.63. The van der Waals surface area contributed by atoms with Crippen LogP contribution in [-0.4, -0.2) is 40.1 Å². The van der Waals surface area contributed by atoms with Crippen LogP contribution in [0.15, 0.2) is 0 Å². The maximum absolute atomic E-state index is 11.9. The third kappa shape index (κ3) is 6.90. The molecule has 0 bridgehead atoms. The van der Waals surface area contributed by atoms with Crippen LogP contribution in [0, 0.1) is 0 Å². The first-order valence-electron chi connectivity index (χ1n) is 6.91. The van der Waals surface area contributed by atoms with E-state index in [4.69, 9.17) is 13.3 Å². The van der Waals surface area contributed by atoms with Crippen molar-refractivity contribution >= 4 is 25.7 Å². The van der Waals surface area contributed by atoms with Gasteiger partial charge < -0.3 is 13.3 Å². The zero-order chi connectivity index (χ0) is 14.7. The van der Waals surface area contributed by atoms with Gasteiger partial charge >= 0.3 is 8.80 Å². The van der Waals surface area contributed by atoms with Crippen molar-refractivity contribution in [2.24, 2.45) is 0 Å². The Kier molecular flexibility index (Phi) is 10.9. The molecule has 0 aliphatic heterocycles. The predicted molar refractivity (Wildman–Crippen MR) is 82.2 cm³/mol. The Bertz CT molecular complexity index is 239. The SMILES string of the molecule is CCCCCCCC(=O)SC(C)[Si](OC)(OC)OC. The molecule has 0 saturated carbocycles. The van der Waals surface area contributed by atoms with E-state index in [1.807, 2.05) is 6.92 Å². The van der Waals surface area contributed by atoms with Crippen LogP contribution in [-0.2, 0) is 18.1 Å². The number of rotatable bonds is 11. The number of carbonyl (C=O) groups excluding carboxylic acids is 1. The molecule has 0 aromatic carbocycles. The zero-order valence-electron chi connectivity index (χ0n) is 12.9. The van der Waals surface area contributed by atoms with Gasteiger partial charge in [0.25, 0.3) is 0 Å². The van der Waals surface area contributed by atoms with Crippen LogP contribution in [0.1, 0.15) is 52.4 Å². The summed E-state index contributed by atoms with van der Waals surface area (Å²) in [4.78, 5) is 11.8. The molecule has 0 aromatic rings. The Labute approximate surface area is 122 Å². The Morgan fingerprint density at radius 1 is 1.05 bits per heavy atom. The highest BCUT2D eigenvalue weighted by atomic mass is 32.2. The van der Waals surface area contributed by atoms with Crippen molar-refractivity contribution in [3.8, 4) is 0 Å². The van der Waals surface area contributed by atoms with Gasteiger partial charge in [-0.05, 0) is 13.3 Å². The van der Waals surface area contributed by atoms with Gasteiger partial charge in [0.15, 0.2) is 5.12 Å². The van der Waals surface area contributed by atoms with Crippen molar-refractivity contribution in [2.45, 2.75) is 57.2 Å². The molecule has 0 amide bonds. The third-order valence-corrected chi connectivity index (χ3v) is 7.89. The second-order valence-electron chi connectivity index (χ2n) is 4.51. The standard InChI is InChI=1S/C13H28O4SSi/c1-6-7-8-9-10-11-13(14)18-12(2)19(15-3,16-4)17-5/h12H,6-11H2,1-5H3. The molecule has 0 radical (unpaired) electrons. The lowest BCUT2D eigenvalue weighted by Crippen LogP contribution is -2.52. The van der Waals surface area contributed by atoms with Crippen LogP contribution >= 0.6 is 11.8 Å². The van der Waals surface area contributed by atoms with E-state index in [0.29, 0.717) is 6.42 Å². The Morgan fingerprint density at radius 2 is 1.58 bits per heavy atom. The van der Waals surface area contributed by atoms with E-state index in [0.717, 1.165) is 12.8 Å². The first kappa shape index (κ1) is 19.1.